The van der Waals surface area contributed by atoms with Crippen molar-refractivity contribution in [1.29, 1.82) is 0 Å². The van der Waals surface area contributed by atoms with E-state index in [1.807, 2.05) is 0 Å². The van der Waals surface area contributed by atoms with E-state index in [2.05, 4.69) is 0 Å². The fourth-order valence-electron chi connectivity index (χ4n) is 2.36. The van der Waals surface area contributed by atoms with Gasteiger partial charge in [-0.2, -0.15) is 4.31 Å². The molecule has 1 aliphatic heterocycles. The molecule has 1 aromatic carbocycles. The number of methoxy groups -OCH3 is 2. The number of halogens is 1. The number of rotatable bonds is 4. The Balaban J connectivity index is 2.44. The number of piperidine rings is 1. The Labute approximate surface area is 129 Å². The van der Waals surface area contributed by atoms with Crippen LogP contribution in [0.25, 0.3) is 0 Å². The maximum absolute atomic E-state index is 12.7. The van der Waals surface area contributed by atoms with Gasteiger partial charge in [-0.05, 0) is 12.8 Å². The van der Waals surface area contributed by atoms with Crippen molar-refractivity contribution in [1.82, 2.24) is 4.31 Å². The highest BCUT2D eigenvalue weighted by Gasteiger charge is 2.31. The smallest absolute Gasteiger partial charge is 0.244 e. The summed E-state index contributed by atoms with van der Waals surface area (Å²) >= 11 is 6.10. The molecule has 1 saturated heterocycles. The van der Waals surface area contributed by atoms with Crippen LogP contribution < -0.4 is 15.2 Å². The second-order valence-electron chi connectivity index (χ2n) is 4.90. The van der Waals surface area contributed by atoms with Crippen LogP contribution in [0, 0.1) is 0 Å². The van der Waals surface area contributed by atoms with Gasteiger partial charge in [-0.25, -0.2) is 8.42 Å². The van der Waals surface area contributed by atoms with Crippen LogP contribution >= 0.6 is 11.6 Å². The van der Waals surface area contributed by atoms with E-state index < -0.39 is 10.0 Å². The molecule has 21 heavy (non-hydrogen) atoms. The SMILES string of the molecule is COc1cc(Cl)c(S(=O)(=O)N2CCCC(N)C2)cc1OC. The first-order valence-electron chi connectivity index (χ1n) is 6.57. The lowest BCUT2D eigenvalue weighted by Crippen LogP contribution is -2.45. The molecule has 8 heteroatoms. The summed E-state index contributed by atoms with van der Waals surface area (Å²) in [7, 11) is -0.790. The van der Waals surface area contributed by atoms with Gasteiger partial charge in [0.05, 0.1) is 19.2 Å². The number of nitrogens with two attached hydrogens (primary N) is 1. The van der Waals surface area contributed by atoms with Crippen LogP contribution in [0.1, 0.15) is 12.8 Å². The van der Waals surface area contributed by atoms with Gasteiger partial charge in [0.2, 0.25) is 10.0 Å². The predicted octanol–water partition coefficient (Wildman–Crippen LogP) is 1.47. The Kier molecular flexibility index (Phi) is 4.98. The Morgan fingerprint density at radius 3 is 2.48 bits per heavy atom. The molecule has 1 fully saturated rings. The Morgan fingerprint density at radius 2 is 1.90 bits per heavy atom. The van der Waals surface area contributed by atoms with Gasteiger partial charge in [0.1, 0.15) is 4.90 Å². The number of sulfonamides is 1. The van der Waals surface area contributed by atoms with E-state index >= 15 is 0 Å². The van der Waals surface area contributed by atoms with Crippen LogP contribution in [0.5, 0.6) is 11.5 Å². The average Bonchev–Trinajstić information content (AvgIpc) is 2.46. The first kappa shape index (κ1) is 16.4. The number of ether oxygens (including phenoxy) is 2. The molecule has 0 amide bonds. The summed E-state index contributed by atoms with van der Waals surface area (Å²) in [6.45, 7) is 0.744. The zero-order valence-corrected chi connectivity index (χ0v) is 13.6. The van der Waals surface area contributed by atoms with Crippen LogP contribution in [0.2, 0.25) is 5.02 Å². The quantitative estimate of drug-likeness (QED) is 0.901. The maximum Gasteiger partial charge on any atom is 0.244 e. The molecule has 0 spiro atoms. The predicted molar refractivity (Wildman–Crippen MR) is 80.5 cm³/mol. The van der Waals surface area contributed by atoms with Gasteiger partial charge in [0.15, 0.2) is 11.5 Å². The van der Waals surface area contributed by atoms with Crippen molar-refractivity contribution < 1.29 is 17.9 Å². The summed E-state index contributed by atoms with van der Waals surface area (Å²) in [5, 5.41) is 0.104. The van der Waals surface area contributed by atoms with Crippen LogP contribution in [-0.2, 0) is 10.0 Å². The van der Waals surface area contributed by atoms with E-state index in [1.165, 1.54) is 30.7 Å². The minimum absolute atomic E-state index is 0.0101. The van der Waals surface area contributed by atoms with Crippen LogP contribution in [0.4, 0.5) is 0 Å². The van der Waals surface area contributed by atoms with Crippen molar-refractivity contribution in [3.05, 3.63) is 17.2 Å². The molecule has 1 unspecified atom stereocenters. The molecule has 1 heterocycles. The highest BCUT2D eigenvalue weighted by atomic mass is 35.5. The van der Waals surface area contributed by atoms with E-state index in [-0.39, 0.29) is 16.0 Å². The summed E-state index contributed by atoms with van der Waals surface area (Å²) in [6, 6.07) is 2.68. The van der Waals surface area contributed by atoms with Gasteiger partial charge in [0.25, 0.3) is 0 Å². The van der Waals surface area contributed by atoms with Crippen molar-refractivity contribution in [3.63, 3.8) is 0 Å². The minimum Gasteiger partial charge on any atom is -0.493 e. The van der Waals surface area contributed by atoms with E-state index in [0.717, 1.165) is 12.8 Å². The Bertz CT molecular complexity index is 621. The van der Waals surface area contributed by atoms with Crippen molar-refractivity contribution in [2.24, 2.45) is 5.73 Å². The average molecular weight is 335 g/mol. The Hall–Kier alpha value is -1.02. The summed E-state index contributed by atoms with van der Waals surface area (Å²) in [5.41, 5.74) is 5.86. The van der Waals surface area contributed by atoms with Gasteiger partial charge in [-0.1, -0.05) is 11.6 Å². The molecule has 0 saturated carbocycles. The first-order valence-corrected chi connectivity index (χ1v) is 8.39. The zero-order valence-electron chi connectivity index (χ0n) is 12.0. The van der Waals surface area contributed by atoms with Crippen molar-refractivity contribution in [3.8, 4) is 11.5 Å². The molecular formula is C13H19ClN2O4S. The van der Waals surface area contributed by atoms with Crippen molar-refractivity contribution in [2.75, 3.05) is 27.3 Å². The van der Waals surface area contributed by atoms with Gasteiger partial charge in [-0.15, -0.1) is 0 Å². The molecule has 1 aromatic rings. The standard InChI is InChI=1S/C13H19ClN2O4S/c1-19-11-6-10(14)13(7-12(11)20-2)21(17,18)16-5-3-4-9(15)8-16/h6-7,9H,3-5,8,15H2,1-2H3. The second-order valence-corrected chi connectivity index (χ2v) is 7.22. The van der Waals surface area contributed by atoms with E-state index in [1.54, 1.807) is 0 Å². The summed E-state index contributed by atoms with van der Waals surface area (Å²) in [5.74, 6) is 0.707. The number of hydrogen-bond donors (Lipinski definition) is 1. The molecule has 118 valence electrons. The van der Waals surface area contributed by atoms with Crippen LogP contribution in [-0.4, -0.2) is 46.1 Å². The molecule has 0 aliphatic carbocycles. The Morgan fingerprint density at radius 1 is 1.29 bits per heavy atom. The number of nitrogens with zero attached hydrogens (tertiary/aromatic N) is 1. The highest BCUT2D eigenvalue weighted by molar-refractivity contribution is 7.89. The van der Waals surface area contributed by atoms with Gasteiger partial charge < -0.3 is 15.2 Å². The zero-order chi connectivity index (χ0) is 15.6. The third kappa shape index (κ3) is 3.26. The molecule has 0 bridgehead atoms. The fraction of sp³-hybridized carbons (Fsp3) is 0.538. The van der Waals surface area contributed by atoms with Gasteiger partial charge in [0, 0.05) is 31.3 Å². The molecule has 2 rings (SSSR count). The molecule has 1 atom stereocenters. The molecule has 0 radical (unpaired) electrons. The van der Waals surface area contributed by atoms with Crippen molar-refractivity contribution >= 4 is 21.6 Å². The van der Waals surface area contributed by atoms with Crippen molar-refractivity contribution in [2.45, 2.75) is 23.8 Å². The second kappa shape index (κ2) is 6.39. The number of benzene rings is 1. The third-order valence-corrected chi connectivity index (χ3v) is 5.81. The molecule has 2 N–H and O–H groups in total. The topological polar surface area (TPSA) is 81.9 Å². The molecule has 6 nitrogen and oxygen atoms in total. The largest absolute Gasteiger partial charge is 0.493 e. The fourth-order valence-corrected chi connectivity index (χ4v) is 4.41. The summed E-state index contributed by atoms with van der Waals surface area (Å²) in [4.78, 5) is 0.0101. The summed E-state index contributed by atoms with van der Waals surface area (Å²) < 4.78 is 37.0. The minimum atomic E-state index is -3.70. The number of hydrogen-bond acceptors (Lipinski definition) is 5. The normalized spacial score (nSPS) is 20.3. The van der Waals surface area contributed by atoms with E-state index in [4.69, 9.17) is 26.8 Å². The summed E-state index contributed by atoms with van der Waals surface area (Å²) in [6.07, 6.45) is 1.57. The molecular weight excluding hydrogens is 316 g/mol. The first-order chi connectivity index (χ1) is 9.90. The third-order valence-electron chi connectivity index (χ3n) is 3.48. The van der Waals surface area contributed by atoms with E-state index in [0.29, 0.717) is 24.6 Å². The lowest BCUT2D eigenvalue weighted by Gasteiger charge is -2.30. The van der Waals surface area contributed by atoms with Crippen LogP contribution in [0.15, 0.2) is 17.0 Å². The lowest BCUT2D eigenvalue weighted by molar-refractivity contribution is 0.315. The molecule has 0 aromatic heterocycles. The monoisotopic (exact) mass is 334 g/mol. The lowest BCUT2D eigenvalue weighted by atomic mass is 10.1. The van der Waals surface area contributed by atoms with Gasteiger partial charge in [-0.3, -0.25) is 0 Å². The van der Waals surface area contributed by atoms with E-state index in [9.17, 15) is 8.42 Å². The highest BCUT2D eigenvalue weighted by Crippen LogP contribution is 2.36. The van der Waals surface area contributed by atoms with Crippen LogP contribution in [0.3, 0.4) is 0 Å². The van der Waals surface area contributed by atoms with Gasteiger partial charge >= 0.3 is 0 Å². The molecule has 1 aliphatic rings. The maximum atomic E-state index is 12.7.